The lowest BCUT2D eigenvalue weighted by molar-refractivity contribution is -0.127. The molecule has 1 aliphatic rings. The van der Waals surface area contributed by atoms with Crippen LogP contribution in [0.25, 0.3) is 5.69 Å². The minimum atomic E-state index is -0.841. The molecule has 1 fully saturated rings. The summed E-state index contributed by atoms with van der Waals surface area (Å²) >= 11 is 6.00. The summed E-state index contributed by atoms with van der Waals surface area (Å²) in [6, 6.07) is 9.98. The van der Waals surface area contributed by atoms with Gasteiger partial charge in [-0.1, -0.05) is 30.7 Å². The molecule has 0 saturated heterocycles. The number of nitrogens with zero attached hydrogens (tertiary/aromatic N) is 2. The van der Waals surface area contributed by atoms with Gasteiger partial charge in [0.25, 0.3) is 0 Å². The Bertz CT molecular complexity index is 1270. The fourth-order valence-corrected chi connectivity index (χ4v) is 4.95. The SMILES string of the molecule is CCc1cc(-n2cc(Cl)cn2)cc(C)c1C1C(=O)CC(CC(=O)CCc2cccc(F)c2)C1=O. The number of Topliss-reactive ketones (excluding diaryl/α,β-unsaturated/α-hetero) is 3. The van der Waals surface area contributed by atoms with Crippen molar-refractivity contribution in [3.63, 3.8) is 0 Å². The van der Waals surface area contributed by atoms with Gasteiger partial charge in [0.2, 0.25) is 0 Å². The van der Waals surface area contributed by atoms with Crippen molar-refractivity contribution in [3.8, 4) is 5.69 Å². The second kappa shape index (κ2) is 10.0. The first-order valence-electron chi connectivity index (χ1n) is 11.4. The molecule has 1 aliphatic carbocycles. The maximum Gasteiger partial charge on any atom is 0.151 e. The number of hydrogen-bond acceptors (Lipinski definition) is 4. The van der Waals surface area contributed by atoms with Gasteiger partial charge < -0.3 is 0 Å². The van der Waals surface area contributed by atoms with Crippen LogP contribution in [-0.2, 0) is 27.2 Å². The van der Waals surface area contributed by atoms with E-state index < -0.39 is 11.8 Å². The highest BCUT2D eigenvalue weighted by Gasteiger charge is 2.43. The fraction of sp³-hybridized carbons (Fsp3) is 0.333. The van der Waals surface area contributed by atoms with Crippen molar-refractivity contribution in [1.82, 2.24) is 9.78 Å². The van der Waals surface area contributed by atoms with Gasteiger partial charge in [-0.05, 0) is 66.3 Å². The molecule has 0 bridgehead atoms. The van der Waals surface area contributed by atoms with Gasteiger partial charge in [0, 0.05) is 31.4 Å². The highest BCUT2D eigenvalue weighted by atomic mass is 35.5. The summed E-state index contributed by atoms with van der Waals surface area (Å²) in [7, 11) is 0. The van der Waals surface area contributed by atoms with E-state index in [-0.39, 0.29) is 42.4 Å². The van der Waals surface area contributed by atoms with Crippen LogP contribution in [0.4, 0.5) is 4.39 Å². The average molecular weight is 481 g/mol. The van der Waals surface area contributed by atoms with Crippen LogP contribution in [0.1, 0.15) is 54.4 Å². The van der Waals surface area contributed by atoms with Gasteiger partial charge in [0.1, 0.15) is 23.3 Å². The Morgan fingerprint density at radius 1 is 1.24 bits per heavy atom. The summed E-state index contributed by atoms with van der Waals surface area (Å²) in [5.41, 5.74) is 4.04. The first kappa shape index (κ1) is 24.0. The second-order valence-corrected chi connectivity index (χ2v) is 9.30. The summed E-state index contributed by atoms with van der Waals surface area (Å²) in [5, 5.41) is 4.76. The average Bonchev–Trinajstić information content (AvgIpc) is 3.35. The van der Waals surface area contributed by atoms with E-state index >= 15 is 0 Å². The zero-order chi connectivity index (χ0) is 24.4. The zero-order valence-electron chi connectivity index (χ0n) is 19.2. The van der Waals surface area contributed by atoms with Crippen molar-refractivity contribution in [1.29, 1.82) is 0 Å². The van der Waals surface area contributed by atoms with Gasteiger partial charge in [-0.15, -0.1) is 0 Å². The van der Waals surface area contributed by atoms with Crippen LogP contribution in [0.3, 0.4) is 0 Å². The molecular formula is C27H26ClFN2O3. The Hall–Kier alpha value is -3.12. The molecule has 2 unspecified atom stereocenters. The number of rotatable bonds is 8. The number of carbonyl (C=O) groups is 3. The molecule has 4 rings (SSSR count). The normalized spacial score (nSPS) is 18.0. The summed E-state index contributed by atoms with van der Waals surface area (Å²) in [6.07, 6.45) is 4.64. The van der Waals surface area contributed by atoms with Gasteiger partial charge >= 0.3 is 0 Å². The number of ketones is 3. The fourth-order valence-electron chi connectivity index (χ4n) is 4.82. The molecule has 2 aromatic carbocycles. The van der Waals surface area contributed by atoms with E-state index in [0.717, 1.165) is 27.9 Å². The first-order valence-corrected chi connectivity index (χ1v) is 11.8. The van der Waals surface area contributed by atoms with E-state index in [4.69, 9.17) is 11.6 Å². The molecule has 2 atom stereocenters. The van der Waals surface area contributed by atoms with Crippen molar-refractivity contribution in [2.75, 3.05) is 0 Å². The van der Waals surface area contributed by atoms with E-state index in [1.807, 2.05) is 26.0 Å². The Morgan fingerprint density at radius 2 is 2.03 bits per heavy atom. The molecule has 3 aromatic rings. The molecule has 0 radical (unpaired) electrons. The number of halogens is 2. The minimum absolute atomic E-state index is 0.0424. The maximum absolute atomic E-state index is 13.4. The van der Waals surface area contributed by atoms with Crippen LogP contribution in [0.15, 0.2) is 48.8 Å². The van der Waals surface area contributed by atoms with Gasteiger partial charge in [-0.25, -0.2) is 9.07 Å². The molecule has 34 heavy (non-hydrogen) atoms. The van der Waals surface area contributed by atoms with E-state index in [0.29, 0.717) is 17.9 Å². The van der Waals surface area contributed by atoms with E-state index in [2.05, 4.69) is 5.10 Å². The predicted octanol–water partition coefficient (Wildman–Crippen LogP) is 5.37. The van der Waals surface area contributed by atoms with Crippen LogP contribution in [-0.4, -0.2) is 27.1 Å². The molecule has 0 N–H and O–H groups in total. The highest BCUT2D eigenvalue weighted by molar-refractivity contribution is 6.30. The van der Waals surface area contributed by atoms with Crippen LogP contribution >= 0.6 is 11.6 Å². The van der Waals surface area contributed by atoms with Crippen LogP contribution in [0.2, 0.25) is 5.02 Å². The molecule has 176 valence electrons. The molecular weight excluding hydrogens is 455 g/mol. The Kier molecular flexibility index (Phi) is 7.08. The zero-order valence-corrected chi connectivity index (χ0v) is 19.9. The van der Waals surface area contributed by atoms with Crippen molar-refractivity contribution >= 4 is 29.0 Å². The van der Waals surface area contributed by atoms with Gasteiger partial charge in [0.05, 0.1) is 16.9 Å². The quantitative estimate of drug-likeness (QED) is 0.406. The van der Waals surface area contributed by atoms with E-state index in [1.54, 1.807) is 29.2 Å². The van der Waals surface area contributed by atoms with Crippen LogP contribution < -0.4 is 0 Å². The summed E-state index contributed by atoms with van der Waals surface area (Å²) < 4.78 is 15.0. The molecule has 0 aliphatic heterocycles. The number of carbonyl (C=O) groups excluding carboxylic acids is 3. The maximum atomic E-state index is 13.4. The topological polar surface area (TPSA) is 69.0 Å². The summed E-state index contributed by atoms with van der Waals surface area (Å²) in [4.78, 5) is 38.8. The van der Waals surface area contributed by atoms with Gasteiger partial charge in [-0.3, -0.25) is 14.4 Å². The largest absolute Gasteiger partial charge is 0.300 e. The van der Waals surface area contributed by atoms with E-state index in [9.17, 15) is 18.8 Å². The summed E-state index contributed by atoms with van der Waals surface area (Å²) in [5.74, 6) is -2.20. The third-order valence-corrected chi connectivity index (χ3v) is 6.65. The lowest BCUT2D eigenvalue weighted by atomic mass is 9.85. The standard InChI is InChI=1S/C27H26ClFN2O3/c1-3-18-11-22(31-15-20(28)14-30-31)9-16(2)25(18)26-24(33)13-19(27(26)34)12-23(32)8-7-17-5-4-6-21(29)10-17/h4-6,9-11,14-15,19,26H,3,7-8,12-13H2,1-2H3. The summed E-state index contributed by atoms with van der Waals surface area (Å²) in [6.45, 7) is 3.87. The molecule has 0 amide bonds. The molecule has 1 aromatic heterocycles. The molecule has 1 heterocycles. The van der Waals surface area contributed by atoms with E-state index in [1.165, 1.54) is 12.1 Å². The molecule has 1 saturated carbocycles. The Morgan fingerprint density at radius 3 is 2.71 bits per heavy atom. The third-order valence-electron chi connectivity index (χ3n) is 6.45. The molecule has 7 heteroatoms. The van der Waals surface area contributed by atoms with Crippen LogP contribution in [0.5, 0.6) is 0 Å². The lowest BCUT2D eigenvalue weighted by Gasteiger charge is -2.18. The number of benzene rings is 2. The lowest BCUT2D eigenvalue weighted by Crippen LogP contribution is -2.20. The molecule has 5 nitrogen and oxygen atoms in total. The molecule has 0 spiro atoms. The van der Waals surface area contributed by atoms with Gasteiger partial charge in [0.15, 0.2) is 5.78 Å². The number of aryl methyl sites for hydroxylation is 3. The van der Waals surface area contributed by atoms with Crippen molar-refractivity contribution in [2.45, 2.75) is 51.9 Å². The third kappa shape index (κ3) is 5.02. The number of hydrogen-bond donors (Lipinski definition) is 0. The number of aromatic nitrogens is 2. The van der Waals surface area contributed by atoms with Crippen molar-refractivity contribution in [2.24, 2.45) is 5.92 Å². The Balaban J connectivity index is 1.50. The monoisotopic (exact) mass is 480 g/mol. The Labute approximate surface area is 202 Å². The van der Waals surface area contributed by atoms with Gasteiger partial charge in [-0.2, -0.15) is 5.10 Å². The highest BCUT2D eigenvalue weighted by Crippen LogP contribution is 2.38. The van der Waals surface area contributed by atoms with Crippen molar-refractivity contribution < 1.29 is 18.8 Å². The minimum Gasteiger partial charge on any atom is -0.300 e. The van der Waals surface area contributed by atoms with Crippen molar-refractivity contribution in [3.05, 3.63) is 81.9 Å². The smallest absolute Gasteiger partial charge is 0.151 e. The second-order valence-electron chi connectivity index (χ2n) is 8.87. The first-order chi connectivity index (χ1) is 16.3. The predicted molar refractivity (Wildman–Crippen MR) is 128 cm³/mol. The van der Waals surface area contributed by atoms with Crippen LogP contribution in [0, 0.1) is 18.7 Å².